The lowest BCUT2D eigenvalue weighted by Crippen LogP contribution is -2.19. The highest BCUT2D eigenvalue weighted by Gasteiger charge is 2.26. The van der Waals surface area contributed by atoms with Crippen LogP contribution in [0.1, 0.15) is 19.3 Å². The minimum Gasteiger partial charge on any atom is -0.302 e. The monoisotopic (exact) mass is 147 g/mol. The lowest BCUT2D eigenvalue weighted by molar-refractivity contribution is 0.0175. The first-order valence-electron chi connectivity index (χ1n) is 3.77. The third-order valence-electron chi connectivity index (χ3n) is 2.01. The third kappa shape index (κ3) is 1.92. The van der Waals surface area contributed by atoms with Gasteiger partial charge in [-0.1, -0.05) is 6.42 Å². The van der Waals surface area contributed by atoms with Crippen molar-refractivity contribution in [1.29, 1.82) is 0 Å². The molecule has 10 heavy (non-hydrogen) atoms. The van der Waals surface area contributed by atoms with Crippen LogP contribution in [0.2, 0.25) is 0 Å². The standard InChI is InChI=1S/C7H14FNO/c1-9-10-5-6-3-2-4-7(6)8/h6-7,9H,2-5H2,1H3. The fraction of sp³-hybridized carbons (Fsp3) is 1.00. The zero-order valence-corrected chi connectivity index (χ0v) is 6.27. The van der Waals surface area contributed by atoms with Gasteiger partial charge < -0.3 is 4.84 Å². The van der Waals surface area contributed by atoms with Gasteiger partial charge in [-0.2, -0.15) is 0 Å². The van der Waals surface area contributed by atoms with E-state index in [4.69, 9.17) is 4.84 Å². The van der Waals surface area contributed by atoms with Crippen LogP contribution in [0.25, 0.3) is 0 Å². The first-order chi connectivity index (χ1) is 4.84. The van der Waals surface area contributed by atoms with Gasteiger partial charge in [0.05, 0.1) is 6.61 Å². The zero-order chi connectivity index (χ0) is 7.40. The molecule has 0 bridgehead atoms. The molecule has 1 N–H and O–H groups in total. The van der Waals surface area contributed by atoms with E-state index in [1.165, 1.54) is 0 Å². The van der Waals surface area contributed by atoms with Crippen molar-refractivity contribution in [3.05, 3.63) is 0 Å². The summed E-state index contributed by atoms with van der Waals surface area (Å²) in [6.45, 7) is 0.512. The summed E-state index contributed by atoms with van der Waals surface area (Å²) in [7, 11) is 1.70. The second-order valence-corrected chi connectivity index (χ2v) is 2.72. The van der Waals surface area contributed by atoms with E-state index in [0.717, 1.165) is 19.3 Å². The summed E-state index contributed by atoms with van der Waals surface area (Å²) in [6, 6.07) is 0. The lowest BCUT2D eigenvalue weighted by atomic mass is 10.1. The van der Waals surface area contributed by atoms with Crippen molar-refractivity contribution in [1.82, 2.24) is 5.48 Å². The highest BCUT2D eigenvalue weighted by atomic mass is 19.1. The number of rotatable bonds is 3. The number of alkyl halides is 1. The van der Waals surface area contributed by atoms with E-state index in [-0.39, 0.29) is 5.92 Å². The molecule has 60 valence electrons. The molecule has 0 saturated heterocycles. The van der Waals surface area contributed by atoms with Crippen LogP contribution < -0.4 is 5.48 Å². The average Bonchev–Trinajstić information content (AvgIpc) is 2.31. The predicted octanol–water partition coefficient (Wildman–Crippen LogP) is 1.28. The van der Waals surface area contributed by atoms with Crippen LogP contribution in [0.5, 0.6) is 0 Å². The molecular formula is C7H14FNO. The molecule has 0 aromatic carbocycles. The summed E-state index contributed by atoms with van der Waals surface area (Å²) in [5.41, 5.74) is 2.55. The largest absolute Gasteiger partial charge is 0.302 e. The summed E-state index contributed by atoms with van der Waals surface area (Å²) in [6.07, 6.45) is 2.08. The van der Waals surface area contributed by atoms with Crippen LogP contribution in [0, 0.1) is 5.92 Å². The van der Waals surface area contributed by atoms with Gasteiger partial charge in [-0.25, -0.2) is 9.87 Å². The second-order valence-electron chi connectivity index (χ2n) is 2.72. The normalized spacial score (nSPS) is 33.0. The minimum atomic E-state index is -0.631. The first kappa shape index (κ1) is 7.95. The van der Waals surface area contributed by atoms with E-state index >= 15 is 0 Å². The Morgan fingerprint density at radius 3 is 2.90 bits per heavy atom. The van der Waals surface area contributed by atoms with Crippen LogP contribution in [0.4, 0.5) is 4.39 Å². The maximum absolute atomic E-state index is 12.8. The van der Waals surface area contributed by atoms with E-state index in [1.807, 2.05) is 0 Å². The summed E-state index contributed by atoms with van der Waals surface area (Å²) < 4.78 is 12.8. The molecule has 0 aromatic heterocycles. The maximum atomic E-state index is 12.8. The molecule has 3 heteroatoms. The Morgan fingerprint density at radius 1 is 1.60 bits per heavy atom. The van der Waals surface area contributed by atoms with Crippen molar-refractivity contribution < 1.29 is 9.23 Å². The van der Waals surface area contributed by atoms with Crippen LogP contribution >= 0.6 is 0 Å². The lowest BCUT2D eigenvalue weighted by Gasteiger charge is -2.10. The summed E-state index contributed by atoms with van der Waals surface area (Å²) >= 11 is 0. The van der Waals surface area contributed by atoms with Gasteiger partial charge in [0, 0.05) is 13.0 Å². The van der Waals surface area contributed by atoms with E-state index in [1.54, 1.807) is 7.05 Å². The summed E-state index contributed by atoms with van der Waals surface area (Å²) in [5, 5.41) is 0. The SMILES string of the molecule is CNOCC1CCCC1F. The maximum Gasteiger partial charge on any atom is 0.105 e. The van der Waals surface area contributed by atoms with Gasteiger partial charge in [0.1, 0.15) is 6.17 Å². The molecule has 0 amide bonds. The van der Waals surface area contributed by atoms with Gasteiger partial charge in [-0.15, -0.1) is 0 Å². The van der Waals surface area contributed by atoms with E-state index < -0.39 is 6.17 Å². The molecule has 1 aliphatic carbocycles. The number of nitrogens with one attached hydrogen (secondary N) is 1. The Kier molecular flexibility index (Phi) is 3.09. The first-order valence-corrected chi connectivity index (χ1v) is 3.77. The Balaban J connectivity index is 2.14. The fourth-order valence-electron chi connectivity index (χ4n) is 1.37. The average molecular weight is 147 g/mol. The molecule has 0 heterocycles. The van der Waals surface area contributed by atoms with Crippen LogP contribution in [-0.4, -0.2) is 19.8 Å². The van der Waals surface area contributed by atoms with Crippen molar-refractivity contribution >= 4 is 0 Å². The minimum absolute atomic E-state index is 0.132. The van der Waals surface area contributed by atoms with Gasteiger partial charge >= 0.3 is 0 Å². The summed E-state index contributed by atoms with van der Waals surface area (Å²) in [4.78, 5) is 4.90. The molecular weight excluding hydrogens is 133 g/mol. The van der Waals surface area contributed by atoms with E-state index in [9.17, 15) is 4.39 Å². The van der Waals surface area contributed by atoms with Gasteiger partial charge in [-0.3, -0.25) is 0 Å². The van der Waals surface area contributed by atoms with E-state index in [2.05, 4.69) is 5.48 Å². The van der Waals surface area contributed by atoms with Gasteiger partial charge in [0.15, 0.2) is 0 Å². The van der Waals surface area contributed by atoms with Crippen molar-refractivity contribution in [3.63, 3.8) is 0 Å². The molecule has 1 aliphatic rings. The molecule has 1 rings (SSSR count). The highest BCUT2D eigenvalue weighted by Crippen LogP contribution is 2.27. The van der Waals surface area contributed by atoms with Crippen LogP contribution in [0.3, 0.4) is 0 Å². The number of hydroxylamine groups is 1. The third-order valence-corrected chi connectivity index (χ3v) is 2.01. The Morgan fingerprint density at radius 2 is 2.40 bits per heavy atom. The second kappa shape index (κ2) is 3.88. The molecule has 0 aromatic rings. The zero-order valence-electron chi connectivity index (χ0n) is 6.27. The molecule has 2 nitrogen and oxygen atoms in total. The van der Waals surface area contributed by atoms with E-state index in [0.29, 0.717) is 6.61 Å². The van der Waals surface area contributed by atoms with Gasteiger partial charge in [-0.05, 0) is 12.8 Å². The molecule has 1 saturated carbocycles. The smallest absolute Gasteiger partial charge is 0.105 e. The molecule has 0 radical (unpaired) electrons. The van der Waals surface area contributed by atoms with Crippen molar-refractivity contribution in [3.8, 4) is 0 Å². The van der Waals surface area contributed by atoms with Crippen LogP contribution in [0.15, 0.2) is 0 Å². The summed E-state index contributed by atoms with van der Waals surface area (Å²) in [5.74, 6) is 0.132. The molecule has 0 aliphatic heterocycles. The fourth-order valence-corrected chi connectivity index (χ4v) is 1.37. The number of halogens is 1. The molecule has 2 atom stereocenters. The Bertz CT molecular complexity index is 99.6. The Labute approximate surface area is 60.7 Å². The van der Waals surface area contributed by atoms with Gasteiger partial charge in [0.25, 0.3) is 0 Å². The molecule has 1 fully saturated rings. The topological polar surface area (TPSA) is 21.3 Å². The van der Waals surface area contributed by atoms with Crippen LogP contribution in [-0.2, 0) is 4.84 Å². The predicted molar refractivity (Wildman–Crippen MR) is 37.2 cm³/mol. The van der Waals surface area contributed by atoms with Crippen molar-refractivity contribution in [2.24, 2.45) is 5.92 Å². The number of hydrogen-bond acceptors (Lipinski definition) is 2. The highest BCUT2D eigenvalue weighted by molar-refractivity contribution is 4.76. The van der Waals surface area contributed by atoms with Gasteiger partial charge in [0.2, 0.25) is 0 Å². The van der Waals surface area contributed by atoms with Crippen molar-refractivity contribution in [2.75, 3.05) is 13.7 Å². The quantitative estimate of drug-likeness (QED) is 0.607. The Hall–Kier alpha value is -0.150. The molecule has 0 spiro atoms. The van der Waals surface area contributed by atoms with Crippen molar-refractivity contribution in [2.45, 2.75) is 25.4 Å². The molecule has 2 unspecified atom stereocenters. The number of hydrogen-bond donors (Lipinski definition) is 1.